The quantitative estimate of drug-likeness (QED) is 0.492. The summed E-state index contributed by atoms with van der Waals surface area (Å²) in [6, 6.07) is 17.3. The molecule has 1 heterocycles. The van der Waals surface area contributed by atoms with Crippen LogP contribution in [0.15, 0.2) is 65.6 Å². The van der Waals surface area contributed by atoms with Crippen LogP contribution < -0.4 is 20.1 Å². The van der Waals surface area contributed by atoms with Gasteiger partial charge in [-0.1, -0.05) is 24.3 Å². The van der Waals surface area contributed by atoms with E-state index in [2.05, 4.69) is 22.8 Å². The largest absolute Gasteiger partial charge is 0.454 e. The van der Waals surface area contributed by atoms with Crippen molar-refractivity contribution in [3.05, 3.63) is 82.9 Å². The fraction of sp³-hybridized carbons (Fsp3) is 0.321. The number of nitrogens with one attached hydrogen (secondary N) is 2. The predicted molar refractivity (Wildman–Crippen MR) is 136 cm³/mol. The zero-order valence-corrected chi connectivity index (χ0v) is 20.8. The van der Waals surface area contributed by atoms with Crippen molar-refractivity contribution in [2.75, 3.05) is 12.1 Å². The molecule has 7 nitrogen and oxygen atoms in total. The number of rotatable bonds is 6. The Bertz CT molecular complexity index is 1430. The van der Waals surface area contributed by atoms with Gasteiger partial charge in [0, 0.05) is 5.69 Å². The van der Waals surface area contributed by atoms with Crippen LogP contribution in [0.3, 0.4) is 0 Å². The van der Waals surface area contributed by atoms with Gasteiger partial charge in [-0.2, -0.15) is 0 Å². The van der Waals surface area contributed by atoms with E-state index in [0.29, 0.717) is 17.2 Å². The Hall–Kier alpha value is -3.52. The number of carbonyl (C=O) groups excluding carboxylic acids is 1. The number of ether oxygens (including phenoxy) is 2. The summed E-state index contributed by atoms with van der Waals surface area (Å²) >= 11 is 0. The molecule has 0 aromatic heterocycles. The van der Waals surface area contributed by atoms with E-state index in [-0.39, 0.29) is 29.5 Å². The number of benzene rings is 3. The van der Waals surface area contributed by atoms with Gasteiger partial charge in [0.2, 0.25) is 6.79 Å². The lowest BCUT2D eigenvalue weighted by atomic mass is 9.91. The Balaban J connectivity index is 1.07. The summed E-state index contributed by atoms with van der Waals surface area (Å²) in [5.74, 6) is 2.95. The number of carbonyl (C=O) groups is 1. The molecule has 1 saturated carbocycles. The van der Waals surface area contributed by atoms with Crippen molar-refractivity contribution in [3.8, 4) is 11.5 Å². The van der Waals surface area contributed by atoms with Crippen LogP contribution in [0.5, 0.6) is 11.5 Å². The van der Waals surface area contributed by atoms with E-state index in [1.54, 1.807) is 24.3 Å². The standard InChI is InChI=1S/C28H28N2O5S/c1-17(19-4-9-26-27(14-19)35-16-34-26)29-28(31)30-24-5-7-25(8-6-24)36(32,33)15-18-2-3-20-11-22-13-23(22)12-21(20)10-18/h2-10,14,17,22-23H,11-13,15-16H2,1H3,(H2,29,30,31). The monoisotopic (exact) mass is 504 g/mol. The fourth-order valence-corrected chi connectivity index (χ4v) is 6.55. The molecule has 0 bridgehead atoms. The lowest BCUT2D eigenvalue weighted by Gasteiger charge is -2.16. The molecular formula is C28H28N2O5S. The predicted octanol–water partition coefficient (Wildman–Crippen LogP) is 5.01. The van der Waals surface area contributed by atoms with Gasteiger partial charge in [0.1, 0.15) is 0 Å². The molecule has 1 fully saturated rings. The van der Waals surface area contributed by atoms with Gasteiger partial charge in [-0.15, -0.1) is 0 Å². The van der Waals surface area contributed by atoms with E-state index in [9.17, 15) is 13.2 Å². The molecule has 6 rings (SSSR count). The van der Waals surface area contributed by atoms with E-state index >= 15 is 0 Å². The molecule has 2 aliphatic carbocycles. The number of sulfone groups is 1. The third-order valence-corrected chi connectivity index (χ3v) is 9.08. The Morgan fingerprint density at radius 1 is 0.944 bits per heavy atom. The maximum Gasteiger partial charge on any atom is 0.319 e. The average molecular weight is 505 g/mol. The van der Waals surface area contributed by atoms with Crippen molar-refractivity contribution in [1.29, 1.82) is 0 Å². The fourth-order valence-electron chi connectivity index (χ4n) is 5.21. The number of urea groups is 1. The van der Waals surface area contributed by atoms with E-state index in [0.717, 1.165) is 35.8 Å². The maximum absolute atomic E-state index is 13.0. The van der Waals surface area contributed by atoms with Crippen LogP contribution >= 0.6 is 0 Å². The SMILES string of the molecule is CC(NC(=O)Nc1ccc(S(=O)(=O)Cc2ccc3c(c2)CC2CC2C3)cc1)c1ccc2c(c1)OCO2. The Labute approximate surface area is 210 Å². The number of anilines is 1. The highest BCUT2D eigenvalue weighted by Gasteiger charge is 2.40. The first-order chi connectivity index (χ1) is 17.3. The molecule has 2 N–H and O–H groups in total. The van der Waals surface area contributed by atoms with Crippen LogP contribution in [0.1, 0.15) is 41.6 Å². The van der Waals surface area contributed by atoms with Crippen molar-refractivity contribution in [1.82, 2.24) is 5.32 Å². The molecule has 1 aliphatic heterocycles. The first kappa shape index (κ1) is 22.9. The van der Waals surface area contributed by atoms with Crippen LogP contribution in [0.4, 0.5) is 10.5 Å². The molecule has 0 radical (unpaired) electrons. The van der Waals surface area contributed by atoms with E-state index < -0.39 is 9.84 Å². The minimum absolute atomic E-state index is 0.0331. The Kier molecular flexibility index (Phi) is 5.63. The summed E-state index contributed by atoms with van der Waals surface area (Å²) in [5.41, 5.74) is 4.90. The van der Waals surface area contributed by atoms with E-state index in [1.165, 1.54) is 17.5 Å². The second-order valence-corrected chi connectivity index (χ2v) is 12.0. The first-order valence-electron chi connectivity index (χ1n) is 12.2. The van der Waals surface area contributed by atoms with Crippen molar-refractivity contribution in [2.45, 2.75) is 42.9 Å². The molecule has 186 valence electrons. The van der Waals surface area contributed by atoms with Crippen LogP contribution in [0, 0.1) is 11.8 Å². The first-order valence-corrected chi connectivity index (χ1v) is 13.9. The molecule has 3 atom stereocenters. The Morgan fingerprint density at radius 3 is 2.50 bits per heavy atom. The normalized spacial score (nSPS) is 20.1. The molecule has 0 saturated heterocycles. The van der Waals surface area contributed by atoms with Gasteiger partial charge < -0.3 is 20.1 Å². The highest BCUT2D eigenvalue weighted by Crippen LogP contribution is 2.48. The van der Waals surface area contributed by atoms with Gasteiger partial charge in [0.15, 0.2) is 21.3 Å². The summed E-state index contributed by atoms with van der Waals surface area (Å²) in [6.07, 6.45) is 3.51. The highest BCUT2D eigenvalue weighted by molar-refractivity contribution is 7.90. The van der Waals surface area contributed by atoms with E-state index in [1.807, 2.05) is 31.2 Å². The smallest absolute Gasteiger partial charge is 0.319 e. The zero-order chi connectivity index (χ0) is 24.9. The van der Waals surface area contributed by atoms with E-state index in [4.69, 9.17) is 9.47 Å². The van der Waals surface area contributed by atoms with Crippen LogP contribution in [0.25, 0.3) is 0 Å². The number of fused-ring (bicyclic) bond motifs is 3. The maximum atomic E-state index is 13.0. The van der Waals surface area contributed by atoms with Crippen LogP contribution in [-0.2, 0) is 28.4 Å². The average Bonchev–Trinajstić information content (AvgIpc) is 3.44. The van der Waals surface area contributed by atoms with Crippen molar-refractivity contribution in [3.63, 3.8) is 0 Å². The Morgan fingerprint density at radius 2 is 1.69 bits per heavy atom. The van der Waals surface area contributed by atoms with Crippen LogP contribution in [0.2, 0.25) is 0 Å². The number of hydrogen-bond acceptors (Lipinski definition) is 5. The summed E-state index contributed by atoms with van der Waals surface area (Å²) in [7, 11) is -3.50. The molecule has 8 heteroatoms. The lowest BCUT2D eigenvalue weighted by molar-refractivity contribution is 0.174. The number of hydrogen-bond donors (Lipinski definition) is 2. The molecular weight excluding hydrogens is 476 g/mol. The van der Waals surface area contributed by atoms with Gasteiger partial charge in [0.05, 0.1) is 16.7 Å². The van der Waals surface area contributed by atoms with Crippen molar-refractivity contribution < 1.29 is 22.7 Å². The third kappa shape index (κ3) is 4.65. The van der Waals surface area contributed by atoms with Gasteiger partial charge >= 0.3 is 6.03 Å². The summed E-state index contributed by atoms with van der Waals surface area (Å²) in [4.78, 5) is 12.7. The molecule has 3 aromatic carbocycles. The molecule has 2 amide bonds. The summed E-state index contributed by atoms with van der Waals surface area (Å²) < 4.78 is 36.8. The highest BCUT2D eigenvalue weighted by atomic mass is 32.2. The lowest BCUT2D eigenvalue weighted by Crippen LogP contribution is -2.31. The molecule has 36 heavy (non-hydrogen) atoms. The summed E-state index contributed by atoms with van der Waals surface area (Å²) in [6.45, 7) is 2.07. The minimum atomic E-state index is -3.50. The molecule has 3 unspecified atom stereocenters. The van der Waals surface area contributed by atoms with Crippen molar-refractivity contribution >= 4 is 21.6 Å². The van der Waals surface area contributed by atoms with Gasteiger partial charge in [-0.05, 0) is 96.7 Å². The molecule has 3 aliphatic rings. The second-order valence-electron chi connectivity index (χ2n) is 9.98. The third-order valence-electron chi connectivity index (χ3n) is 7.38. The second kappa shape index (κ2) is 8.85. The van der Waals surface area contributed by atoms with Gasteiger partial charge in [0.25, 0.3) is 0 Å². The zero-order valence-electron chi connectivity index (χ0n) is 20.0. The number of amides is 2. The van der Waals surface area contributed by atoms with Gasteiger partial charge in [-0.3, -0.25) is 0 Å². The van der Waals surface area contributed by atoms with Crippen LogP contribution in [-0.4, -0.2) is 21.2 Å². The summed E-state index contributed by atoms with van der Waals surface area (Å²) in [5, 5.41) is 5.64. The molecule has 3 aromatic rings. The topological polar surface area (TPSA) is 93.7 Å². The molecule has 0 spiro atoms. The van der Waals surface area contributed by atoms with Gasteiger partial charge in [-0.25, -0.2) is 13.2 Å². The minimum Gasteiger partial charge on any atom is -0.454 e. The van der Waals surface area contributed by atoms with Crippen molar-refractivity contribution in [2.24, 2.45) is 11.8 Å².